The number of carboxylic acids is 1. The number of aryl methyl sites for hydroxylation is 2. The molecular weight excluding hydrogens is 377 g/mol. The second kappa shape index (κ2) is 8.17. The van der Waals surface area contributed by atoms with Gasteiger partial charge in [0, 0.05) is 38.1 Å². The molecule has 9 heteroatoms. The average molecular weight is 399 g/mol. The first-order chi connectivity index (χ1) is 13.9. The zero-order valence-corrected chi connectivity index (χ0v) is 16.1. The van der Waals surface area contributed by atoms with E-state index in [1.54, 1.807) is 13.2 Å². The summed E-state index contributed by atoms with van der Waals surface area (Å²) < 4.78 is 16.6. The molecule has 2 aromatic heterocycles. The van der Waals surface area contributed by atoms with Crippen molar-refractivity contribution in [3.05, 3.63) is 57.8 Å². The summed E-state index contributed by atoms with van der Waals surface area (Å²) in [4.78, 5) is 28.1. The summed E-state index contributed by atoms with van der Waals surface area (Å²) in [5, 5.41) is 15.3. The Morgan fingerprint density at radius 3 is 2.66 bits per heavy atom. The molecule has 0 amide bonds. The molecule has 0 aliphatic rings. The third-order valence-electron chi connectivity index (χ3n) is 4.68. The van der Waals surface area contributed by atoms with Crippen LogP contribution in [-0.2, 0) is 13.5 Å². The first kappa shape index (κ1) is 20.1. The minimum atomic E-state index is -1.38. The Hall–Kier alpha value is -3.62. The fourth-order valence-corrected chi connectivity index (χ4v) is 3.37. The van der Waals surface area contributed by atoms with E-state index in [2.05, 4.69) is 15.6 Å². The minimum Gasteiger partial charge on any atom is -0.477 e. The molecule has 0 spiro atoms. The Labute approximate surface area is 166 Å². The van der Waals surface area contributed by atoms with E-state index in [1.807, 2.05) is 25.1 Å². The van der Waals surface area contributed by atoms with E-state index in [-0.39, 0.29) is 16.8 Å². The number of rotatable bonds is 7. The Morgan fingerprint density at radius 1 is 1.31 bits per heavy atom. The van der Waals surface area contributed by atoms with Crippen LogP contribution in [0.4, 0.5) is 21.6 Å². The van der Waals surface area contributed by atoms with E-state index in [4.69, 9.17) is 5.73 Å². The number of hydrogen-bond donors (Lipinski definition) is 4. The van der Waals surface area contributed by atoms with Gasteiger partial charge in [-0.25, -0.2) is 14.2 Å². The molecule has 0 saturated carbocycles. The molecule has 0 aliphatic heterocycles. The summed E-state index contributed by atoms with van der Waals surface area (Å²) in [5.74, 6) is -1.44. The van der Waals surface area contributed by atoms with Crippen LogP contribution >= 0.6 is 0 Å². The first-order valence-electron chi connectivity index (χ1n) is 9.12. The van der Waals surface area contributed by atoms with Crippen molar-refractivity contribution < 1.29 is 14.3 Å². The van der Waals surface area contributed by atoms with Gasteiger partial charge in [-0.15, -0.1) is 0 Å². The lowest BCUT2D eigenvalue weighted by molar-refractivity contribution is 0.0695. The number of carbonyl (C=O) groups is 1. The van der Waals surface area contributed by atoms with Crippen molar-refractivity contribution in [2.24, 2.45) is 7.05 Å². The Bertz CT molecular complexity index is 1130. The zero-order valence-electron chi connectivity index (χ0n) is 16.1. The lowest BCUT2D eigenvalue weighted by Gasteiger charge is -2.19. The normalized spacial score (nSPS) is 10.9. The number of nitrogens with one attached hydrogen (secondary N) is 2. The highest BCUT2D eigenvalue weighted by molar-refractivity contribution is 6.01. The molecule has 0 radical (unpaired) electrons. The lowest BCUT2D eigenvalue weighted by atomic mass is 10.00. The van der Waals surface area contributed by atoms with E-state index < -0.39 is 22.8 Å². The second-order valence-corrected chi connectivity index (χ2v) is 6.51. The SMILES string of the molecule is CCc1c(NCCNc2ccccn2)c(F)c(N)c2c(=O)c(C(=O)O)cn(C)c12. The van der Waals surface area contributed by atoms with Gasteiger partial charge in [-0.2, -0.15) is 0 Å². The first-order valence-corrected chi connectivity index (χ1v) is 9.12. The largest absolute Gasteiger partial charge is 0.477 e. The number of hydrogen-bond acceptors (Lipinski definition) is 6. The fraction of sp³-hybridized carbons (Fsp3) is 0.250. The van der Waals surface area contributed by atoms with Gasteiger partial charge in [-0.1, -0.05) is 13.0 Å². The molecule has 0 bridgehead atoms. The van der Waals surface area contributed by atoms with E-state index in [9.17, 15) is 14.7 Å². The van der Waals surface area contributed by atoms with Gasteiger partial charge in [0.2, 0.25) is 5.43 Å². The summed E-state index contributed by atoms with van der Waals surface area (Å²) in [6.07, 6.45) is 3.32. The monoisotopic (exact) mass is 399 g/mol. The quantitative estimate of drug-likeness (QED) is 0.355. The molecule has 2 heterocycles. The molecule has 29 heavy (non-hydrogen) atoms. The molecule has 3 aromatic rings. The number of benzene rings is 1. The predicted octanol–water partition coefficient (Wildman–Crippen LogP) is 2.44. The molecule has 8 nitrogen and oxygen atoms in total. The number of halogens is 1. The molecule has 0 aliphatic carbocycles. The van der Waals surface area contributed by atoms with Crippen LogP contribution in [0.3, 0.4) is 0 Å². The number of pyridine rings is 2. The molecule has 0 atom stereocenters. The minimum absolute atomic E-state index is 0.112. The van der Waals surface area contributed by atoms with Gasteiger partial charge in [-0.05, 0) is 18.6 Å². The van der Waals surface area contributed by atoms with Crippen LogP contribution in [0.1, 0.15) is 22.8 Å². The van der Waals surface area contributed by atoms with Crippen LogP contribution in [0.25, 0.3) is 10.9 Å². The number of anilines is 3. The van der Waals surface area contributed by atoms with Crippen molar-refractivity contribution in [2.75, 3.05) is 29.5 Å². The molecule has 152 valence electrons. The number of aromatic nitrogens is 2. The maximum absolute atomic E-state index is 15.1. The van der Waals surface area contributed by atoms with Crippen LogP contribution in [0.15, 0.2) is 35.4 Å². The van der Waals surface area contributed by atoms with Crippen LogP contribution < -0.4 is 21.8 Å². The zero-order chi connectivity index (χ0) is 21.1. The van der Waals surface area contributed by atoms with Gasteiger partial charge in [-0.3, -0.25) is 4.79 Å². The maximum Gasteiger partial charge on any atom is 0.341 e. The summed E-state index contributed by atoms with van der Waals surface area (Å²) in [5.41, 5.74) is 5.51. The second-order valence-electron chi connectivity index (χ2n) is 6.51. The van der Waals surface area contributed by atoms with Gasteiger partial charge in [0.25, 0.3) is 0 Å². The highest BCUT2D eigenvalue weighted by Crippen LogP contribution is 2.34. The van der Waals surface area contributed by atoms with Crippen molar-refractivity contribution in [1.29, 1.82) is 0 Å². The highest BCUT2D eigenvalue weighted by atomic mass is 19.1. The predicted molar refractivity (Wildman–Crippen MR) is 111 cm³/mol. The van der Waals surface area contributed by atoms with E-state index in [0.717, 1.165) is 0 Å². The van der Waals surface area contributed by atoms with Crippen LogP contribution in [0.2, 0.25) is 0 Å². The number of fused-ring (bicyclic) bond motifs is 1. The van der Waals surface area contributed by atoms with Crippen LogP contribution in [0, 0.1) is 5.82 Å². The van der Waals surface area contributed by atoms with Crippen LogP contribution in [0.5, 0.6) is 0 Å². The van der Waals surface area contributed by atoms with Gasteiger partial charge in [0.1, 0.15) is 11.4 Å². The van der Waals surface area contributed by atoms with Crippen molar-refractivity contribution >= 4 is 34.1 Å². The summed E-state index contributed by atoms with van der Waals surface area (Å²) >= 11 is 0. The van der Waals surface area contributed by atoms with Gasteiger partial charge < -0.3 is 26.0 Å². The van der Waals surface area contributed by atoms with Gasteiger partial charge >= 0.3 is 5.97 Å². The van der Waals surface area contributed by atoms with E-state index in [1.165, 1.54) is 10.8 Å². The third-order valence-corrected chi connectivity index (χ3v) is 4.68. The Balaban J connectivity index is 2.01. The van der Waals surface area contributed by atoms with Crippen molar-refractivity contribution in [3.8, 4) is 0 Å². The number of nitrogens with zero attached hydrogens (tertiary/aromatic N) is 2. The average Bonchev–Trinajstić information content (AvgIpc) is 2.71. The highest BCUT2D eigenvalue weighted by Gasteiger charge is 2.23. The molecule has 3 rings (SSSR count). The smallest absolute Gasteiger partial charge is 0.341 e. The van der Waals surface area contributed by atoms with Gasteiger partial charge in [0.15, 0.2) is 5.82 Å². The lowest BCUT2D eigenvalue weighted by Crippen LogP contribution is -2.22. The summed E-state index contributed by atoms with van der Waals surface area (Å²) in [6, 6.07) is 5.49. The van der Waals surface area contributed by atoms with Crippen LogP contribution in [-0.4, -0.2) is 33.7 Å². The van der Waals surface area contributed by atoms with Crippen molar-refractivity contribution in [3.63, 3.8) is 0 Å². The molecule has 0 saturated heterocycles. The summed E-state index contributed by atoms with van der Waals surface area (Å²) in [6.45, 7) is 2.69. The molecule has 0 fully saturated rings. The third kappa shape index (κ3) is 3.71. The van der Waals surface area contributed by atoms with Gasteiger partial charge in [0.05, 0.1) is 22.3 Å². The summed E-state index contributed by atoms with van der Waals surface area (Å²) in [7, 11) is 1.61. The number of nitrogens with two attached hydrogens (primary N) is 1. The Morgan fingerprint density at radius 2 is 2.03 bits per heavy atom. The molecule has 1 aromatic carbocycles. The number of aromatic carboxylic acids is 1. The van der Waals surface area contributed by atoms with Crippen molar-refractivity contribution in [2.45, 2.75) is 13.3 Å². The van der Waals surface area contributed by atoms with Crippen molar-refractivity contribution in [1.82, 2.24) is 9.55 Å². The number of nitrogen functional groups attached to an aromatic ring is 1. The Kier molecular flexibility index (Phi) is 5.67. The van der Waals surface area contributed by atoms with E-state index in [0.29, 0.717) is 36.4 Å². The van der Waals surface area contributed by atoms with E-state index >= 15 is 4.39 Å². The number of carboxylic acid groups (broad SMARTS) is 1. The topological polar surface area (TPSA) is 122 Å². The fourth-order valence-electron chi connectivity index (χ4n) is 3.37. The molecule has 5 N–H and O–H groups in total. The maximum atomic E-state index is 15.1. The molecular formula is C20H22FN5O3. The standard InChI is InChI=1S/C20H22FN5O3/c1-3-11-17(25-9-8-24-13-6-4-5-7-23-13)15(21)16(22)14-18(11)26(2)10-12(19(14)27)20(28)29/h4-7,10,25H,3,8-9,22H2,1-2H3,(H,23,24)(H,28,29). The molecule has 0 unspecified atom stereocenters.